The normalized spacial score (nSPS) is 19.1. The fourth-order valence-corrected chi connectivity index (χ4v) is 0.516. The highest BCUT2D eigenvalue weighted by Crippen LogP contribution is 1.76. The van der Waals surface area contributed by atoms with Crippen molar-refractivity contribution < 1.29 is 4.74 Å². The number of ether oxygens (including phenoxy) is 1. The fraction of sp³-hybridized carbons (Fsp3) is 1.00. The molecule has 8 heavy (non-hydrogen) atoms. The SMILES string of the molecule is C1COCCN1.[SiH3]Cl. The molecule has 1 fully saturated rings. The van der Waals surface area contributed by atoms with Gasteiger partial charge in [-0.25, -0.2) is 0 Å². The molecule has 0 saturated carbocycles. The summed E-state index contributed by atoms with van der Waals surface area (Å²) in [7, 11) is 0.778. The summed E-state index contributed by atoms with van der Waals surface area (Å²) in [5.41, 5.74) is 0. The Kier molecular flexibility index (Phi) is 7.82. The van der Waals surface area contributed by atoms with Crippen molar-refractivity contribution in [2.75, 3.05) is 26.3 Å². The predicted octanol–water partition coefficient (Wildman–Crippen LogP) is -0.888. The molecule has 0 atom stereocenters. The zero-order valence-electron chi connectivity index (χ0n) is 5.11. The maximum Gasteiger partial charge on any atom is 0.109 e. The molecule has 0 unspecified atom stereocenters. The number of hydrogen-bond donors (Lipinski definition) is 1. The Labute approximate surface area is 57.7 Å². The van der Waals surface area contributed by atoms with Crippen LogP contribution in [0.25, 0.3) is 0 Å². The number of halogens is 1. The van der Waals surface area contributed by atoms with E-state index in [0.717, 1.165) is 35.9 Å². The van der Waals surface area contributed by atoms with Gasteiger partial charge in [0.2, 0.25) is 0 Å². The van der Waals surface area contributed by atoms with Gasteiger partial charge in [0.25, 0.3) is 0 Å². The minimum absolute atomic E-state index is 0.778. The number of nitrogens with one attached hydrogen (secondary N) is 1. The first-order valence-corrected chi connectivity index (χ1v) is 5.69. The van der Waals surface area contributed by atoms with E-state index in [2.05, 4.69) is 5.32 Å². The molecule has 1 rings (SSSR count). The lowest BCUT2D eigenvalue weighted by molar-refractivity contribution is 0.109. The van der Waals surface area contributed by atoms with Crippen molar-refractivity contribution in [3.63, 3.8) is 0 Å². The van der Waals surface area contributed by atoms with Gasteiger partial charge in [-0.2, -0.15) is 11.1 Å². The van der Waals surface area contributed by atoms with Gasteiger partial charge in [-0.15, -0.1) is 0 Å². The van der Waals surface area contributed by atoms with Crippen LogP contribution in [0.5, 0.6) is 0 Å². The van der Waals surface area contributed by atoms with Crippen molar-refractivity contribution in [1.82, 2.24) is 5.32 Å². The number of rotatable bonds is 0. The van der Waals surface area contributed by atoms with Gasteiger partial charge in [0, 0.05) is 13.1 Å². The van der Waals surface area contributed by atoms with Crippen molar-refractivity contribution in [2.45, 2.75) is 0 Å². The van der Waals surface area contributed by atoms with Crippen LogP contribution in [0.2, 0.25) is 0 Å². The molecule has 1 N–H and O–H groups in total. The first-order valence-electron chi connectivity index (χ1n) is 2.66. The molecule has 2 nitrogen and oxygen atoms in total. The second-order valence-electron chi connectivity index (χ2n) is 1.36. The molecule has 0 aliphatic carbocycles. The molecule has 1 heterocycles. The Morgan fingerprint density at radius 3 is 1.88 bits per heavy atom. The van der Waals surface area contributed by atoms with Crippen LogP contribution >= 0.6 is 11.1 Å². The van der Waals surface area contributed by atoms with Crippen molar-refractivity contribution in [3.05, 3.63) is 0 Å². The second kappa shape index (κ2) is 7.43. The van der Waals surface area contributed by atoms with E-state index in [1.54, 1.807) is 0 Å². The summed E-state index contributed by atoms with van der Waals surface area (Å²) in [6.07, 6.45) is 0. The van der Waals surface area contributed by atoms with Crippen LogP contribution in [0, 0.1) is 0 Å². The van der Waals surface area contributed by atoms with Crippen molar-refractivity contribution in [3.8, 4) is 0 Å². The molecule has 1 saturated heterocycles. The van der Waals surface area contributed by atoms with Gasteiger partial charge in [-0.1, -0.05) is 0 Å². The molecule has 0 amide bonds. The summed E-state index contributed by atoms with van der Waals surface area (Å²) in [6.45, 7) is 3.83. The number of hydrogen-bond acceptors (Lipinski definition) is 2. The molecule has 0 radical (unpaired) electrons. The quantitative estimate of drug-likeness (QED) is 0.360. The van der Waals surface area contributed by atoms with Crippen molar-refractivity contribution >= 4 is 20.6 Å². The van der Waals surface area contributed by atoms with E-state index < -0.39 is 0 Å². The Morgan fingerprint density at radius 1 is 1.25 bits per heavy atom. The summed E-state index contributed by atoms with van der Waals surface area (Å²) in [5.74, 6) is 0. The molecular formula is C4H12ClNOSi. The highest BCUT2D eigenvalue weighted by Gasteiger charge is 1.92. The van der Waals surface area contributed by atoms with Gasteiger partial charge in [0.15, 0.2) is 0 Å². The lowest BCUT2D eigenvalue weighted by Crippen LogP contribution is -2.30. The summed E-state index contributed by atoms with van der Waals surface area (Å²) in [4.78, 5) is 0. The highest BCUT2D eigenvalue weighted by atomic mass is 35.6. The monoisotopic (exact) mass is 153 g/mol. The Morgan fingerprint density at radius 2 is 1.75 bits per heavy atom. The molecule has 0 aromatic rings. The van der Waals surface area contributed by atoms with Crippen LogP contribution in [0.3, 0.4) is 0 Å². The van der Waals surface area contributed by atoms with Gasteiger partial charge in [-0.3, -0.25) is 0 Å². The van der Waals surface area contributed by atoms with Crippen molar-refractivity contribution in [1.29, 1.82) is 0 Å². The van der Waals surface area contributed by atoms with Crippen LogP contribution in [-0.4, -0.2) is 35.9 Å². The van der Waals surface area contributed by atoms with Crippen LogP contribution in [0.15, 0.2) is 0 Å². The van der Waals surface area contributed by atoms with Crippen LogP contribution < -0.4 is 5.32 Å². The Balaban J connectivity index is 0.000000222. The minimum Gasteiger partial charge on any atom is -0.379 e. The smallest absolute Gasteiger partial charge is 0.109 e. The zero-order valence-corrected chi connectivity index (χ0v) is 7.87. The van der Waals surface area contributed by atoms with E-state index in [1.807, 2.05) is 0 Å². The third kappa shape index (κ3) is 4.58. The number of morpholine rings is 1. The minimum atomic E-state index is 0.778. The molecule has 1 aliphatic rings. The van der Waals surface area contributed by atoms with Crippen molar-refractivity contribution in [2.24, 2.45) is 0 Å². The lowest BCUT2D eigenvalue weighted by Gasteiger charge is -2.10. The topological polar surface area (TPSA) is 21.3 Å². The summed E-state index contributed by atoms with van der Waals surface area (Å²) < 4.78 is 5.01. The lowest BCUT2D eigenvalue weighted by atomic mass is 10.5. The van der Waals surface area contributed by atoms with E-state index >= 15 is 0 Å². The highest BCUT2D eigenvalue weighted by molar-refractivity contribution is 6.80. The molecule has 50 valence electrons. The fourth-order valence-electron chi connectivity index (χ4n) is 0.516. The molecule has 4 heteroatoms. The van der Waals surface area contributed by atoms with Gasteiger partial charge in [0.1, 0.15) is 9.55 Å². The van der Waals surface area contributed by atoms with Crippen LogP contribution in [0.4, 0.5) is 0 Å². The first kappa shape index (κ1) is 8.43. The third-order valence-corrected chi connectivity index (χ3v) is 0.846. The summed E-state index contributed by atoms with van der Waals surface area (Å²) >= 11 is 4.78. The molecule has 0 spiro atoms. The predicted molar refractivity (Wildman–Crippen MR) is 39.5 cm³/mol. The average Bonchev–Trinajstić information content (AvgIpc) is 1.96. The van der Waals surface area contributed by atoms with Crippen LogP contribution in [0.1, 0.15) is 0 Å². The average molecular weight is 154 g/mol. The maximum atomic E-state index is 5.01. The van der Waals surface area contributed by atoms with E-state index in [9.17, 15) is 0 Å². The van der Waals surface area contributed by atoms with Crippen LogP contribution in [-0.2, 0) is 4.74 Å². The molecule has 0 bridgehead atoms. The molecule has 0 aromatic heterocycles. The Hall–Kier alpha value is 0.427. The van der Waals surface area contributed by atoms with Gasteiger partial charge in [-0.05, 0) is 0 Å². The van der Waals surface area contributed by atoms with Gasteiger partial charge >= 0.3 is 0 Å². The molecule has 0 aromatic carbocycles. The van der Waals surface area contributed by atoms with Gasteiger partial charge < -0.3 is 10.1 Å². The Bertz CT molecular complexity index is 31.5. The van der Waals surface area contributed by atoms with E-state index in [1.165, 1.54) is 0 Å². The van der Waals surface area contributed by atoms with Gasteiger partial charge in [0.05, 0.1) is 13.2 Å². The first-order chi connectivity index (χ1) is 4.00. The van der Waals surface area contributed by atoms with E-state index in [-0.39, 0.29) is 0 Å². The standard InChI is InChI=1S/C4H9NO.ClH3Si/c1-3-6-4-2-5-1;1-2/h5H,1-4H2;2H3. The second-order valence-corrected chi connectivity index (χ2v) is 1.36. The maximum absolute atomic E-state index is 5.01. The molecule has 1 aliphatic heterocycles. The zero-order chi connectivity index (χ0) is 6.24. The third-order valence-electron chi connectivity index (χ3n) is 0.846. The summed E-state index contributed by atoms with van der Waals surface area (Å²) in [6, 6.07) is 0. The largest absolute Gasteiger partial charge is 0.379 e. The summed E-state index contributed by atoms with van der Waals surface area (Å²) in [5, 5.41) is 3.16. The van der Waals surface area contributed by atoms with E-state index in [4.69, 9.17) is 15.8 Å². The molecular weight excluding hydrogens is 142 g/mol. The van der Waals surface area contributed by atoms with E-state index in [0.29, 0.717) is 0 Å².